The predicted octanol–water partition coefficient (Wildman–Crippen LogP) is 0.517. The molecule has 1 atom stereocenters. The Morgan fingerprint density at radius 3 is 2.60 bits per heavy atom. The van der Waals surface area contributed by atoms with Crippen LogP contribution >= 0.6 is 0 Å². The smallest absolute Gasteiger partial charge is 0.343 e. The number of carboxylic acid groups (broad SMARTS) is 1. The standard InChI is InChI=1S/C12H15N3O5/c1-7(11(16)13-2)14-6-8-4-3-5-9(15(19)20)10(8)12(17)18/h3-5,7,14H,6H2,1-2H3,(H,13,16)(H,17,18). The first-order valence-corrected chi connectivity index (χ1v) is 5.83. The fraction of sp³-hybridized carbons (Fsp3) is 0.333. The van der Waals surface area contributed by atoms with Crippen LogP contribution in [0.5, 0.6) is 0 Å². The Hall–Kier alpha value is -2.48. The second kappa shape index (κ2) is 6.62. The van der Waals surface area contributed by atoms with Crippen LogP contribution in [0, 0.1) is 10.1 Å². The fourth-order valence-corrected chi connectivity index (χ4v) is 1.71. The molecule has 0 aliphatic carbocycles. The molecule has 0 fully saturated rings. The van der Waals surface area contributed by atoms with Gasteiger partial charge in [-0.3, -0.25) is 14.9 Å². The number of hydrogen-bond acceptors (Lipinski definition) is 5. The molecule has 1 unspecified atom stereocenters. The van der Waals surface area contributed by atoms with E-state index in [1.807, 2.05) is 0 Å². The molecular weight excluding hydrogens is 266 g/mol. The van der Waals surface area contributed by atoms with Crippen molar-refractivity contribution in [1.29, 1.82) is 0 Å². The van der Waals surface area contributed by atoms with E-state index in [4.69, 9.17) is 5.11 Å². The van der Waals surface area contributed by atoms with Gasteiger partial charge in [0.25, 0.3) is 5.69 Å². The van der Waals surface area contributed by atoms with Gasteiger partial charge in [-0.1, -0.05) is 12.1 Å². The van der Waals surface area contributed by atoms with Gasteiger partial charge in [0.15, 0.2) is 0 Å². The first kappa shape index (κ1) is 15.6. The molecule has 108 valence electrons. The van der Waals surface area contributed by atoms with Crippen LogP contribution in [0.25, 0.3) is 0 Å². The molecule has 0 saturated heterocycles. The van der Waals surface area contributed by atoms with Crippen LogP contribution < -0.4 is 10.6 Å². The molecule has 0 bridgehead atoms. The summed E-state index contributed by atoms with van der Waals surface area (Å²) in [4.78, 5) is 32.6. The van der Waals surface area contributed by atoms with E-state index in [1.165, 1.54) is 19.2 Å². The molecule has 3 N–H and O–H groups in total. The van der Waals surface area contributed by atoms with Gasteiger partial charge < -0.3 is 15.7 Å². The molecule has 0 aliphatic rings. The van der Waals surface area contributed by atoms with Crippen molar-refractivity contribution in [3.8, 4) is 0 Å². The van der Waals surface area contributed by atoms with Crippen LogP contribution in [-0.2, 0) is 11.3 Å². The molecule has 1 amide bonds. The van der Waals surface area contributed by atoms with Gasteiger partial charge in [-0.25, -0.2) is 4.79 Å². The van der Waals surface area contributed by atoms with Gasteiger partial charge in [-0.2, -0.15) is 0 Å². The van der Waals surface area contributed by atoms with Gasteiger partial charge >= 0.3 is 5.97 Å². The maximum Gasteiger partial charge on any atom is 0.343 e. The summed E-state index contributed by atoms with van der Waals surface area (Å²) in [6.45, 7) is 1.65. The van der Waals surface area contributed by atoms with Gasteiger partial charge in [0.1, 0.15) is 5.56 Å². The average Bonchev–Trinajstić information content (AvgIpc) is 2.42. The minimum absolute atomic E-state index is 0.0396. The zero-order chi connectivity index (χ0) is 15.3. The van der Waals surface area contributed by atoms with E-state index >= 15 is 0 Å². The molecule has 1 aromatic rings. The Bertz CT molecular complexity index is 544. The van der Waals surface area contributed by atoms with Crippen LogP contribution in [0.1, 0.15) is 22.8 Å². The largest absolute Gasteiger partial charge is 0.477 e. The number of benzene rings is 1. The Kier molecular flexibility index (Phi) is 5.15. The lowest BCUT2D eigenvalue weighted by Gasteiger charge is -2.13. The monoisotopic (exact) mass is 281 g/mol. The molecule has 0 aliphatic heterocycles. The SMILES string of the molecule is CNC(=O)C(C)NCc1cccc([N+](=O)[O-])c1C(=O)O. The lowest BCUT2D eigenvalue weighted by molar-refractivity contribution is -0.385. The van der Waals surface area contributed by atoms with Crippen molar-refractivity contribution >= 4 is 17.6 Å². The number of carbonyl (C=O) groups is 2. The van der Waals surface area contributed by atoms with E-state index in [-0.39, 0.29) is 23.6 Å². The van der Waals surface area contributed by atoms with E-state index in [1.54, 1.807) is 6.92 Å². The van der Waals surface area contributed by atoms with E-state index in [0.29, 0.717) is 0 Å². The highest BCUT2D eigenvalue weighted by Crippen LogP contribution is 2.22. The van der Waals surface area contributed by atoms with Crippen LogP contribution in [-0.4, -0.2) is 35.0 Å². The molecule has 1 rings (SSSR count). The van der Waals surface area contributed by atoms with Gasteiger partial charge in [0, 0.05) is 19.7 Å². The summed E-state index contributed by atoms with van der Waals surface area (Å²) in [5.74, 6) is -1.63. The number of nitrogens with zero attached hydrogens (tertiary/aromatic N) is 1. The molecule has 20 heavy (non-hydrogen) atoms. The maximum absolute atomic E-state index is 11.3. The van der Waals surface area contributed by atoms with Gasteiger partial charge in [-0.15, -0.1) is 0 Å². The highest BCUT2D eigenvalue weighted by molar-refractivity contribution is 5.94. The quantitative estimate of drug-likeness (QED) is 0.516. The van der Waals surface area contributed by atoms with Crippen molar-refractivity contribution in [2.75, 3.05) is 7.05 Å². The number of aromatic carboxylic acids is 1. The highest BCUT2D eigenvalue weighted by atomic mass is 16.6. The number of rotatable bonds is 6. The minimum atomic E-state index is -1.37. The summed E-state index contributed by atoms with van der Waals surface area (Å²) in [5, 5.41) is 25.2. The Morgan fingerprint density at radius 2 is 2.10 bits per heavy atom. The Labute approximate surface area is 114 Å². The van der Waals surface area contributed by atoms with Crippen molar-refractivity contribution in [3.05, 3.63) is 39.4 Å². The number of carboxylic acids is 1. The van der Waals surface area contributed by atoms with E-state index < -0.39 is 22.6 Å². The maximum atomic E-state index is 11.3. The molecule has 8 nitrogen and oxygen atoms in total. The van der Waals surface area contributed by atoms with Crippen molar-refractivity contribution in [2.45, 2.75) is 19.5 Å². The second-order valence-corrected chi connectivity index (χ2v) is 4.09. The number of hydrogen-bond donors (Lipinski definition) is 3. The molecule has 1 aromatic carbocycles. The third-order valence-corrected chi connectivity index (χ3v) is 2.78. The van der Waals surface area contributed by atoms with Crippen molar-refractivity contribution in [3.63, 3.8) is 0 Å². The van der Waals surface area contributed by atoms with Crippen molar-refractivity contribution in [1.82, 2.24) is 10.6 Å². The normalized spacial score (nSPS) is 11.7. The molecular formula is C12H15N3O5. The summed E-state index contributed by atoms with van der Waals surface area (Å²) in [5.41, 5.74) is -0.582. The lowest BCUT2D eigenvalue weighted by atomic mass is 10.0. The third-order valence-electron chi connectivity index (χ3n) is 2.78. The molecule has 0 radical (unpaired) electrons. The lowest BCUT2D eigenvalue weighted by Crippen LogP contribution is -2.40. The number of carbonyl (C=O) groups excluding carboxylic acids is 1. The summed E-state index contributed by atoms with van der Waals surface area (Å²) >= 11 is 0. The Morgan fingerprint density at radius 1 is 1.45 bits per heavy atom. The molecule has 0 spiro atoms. The van der Waals surface area contributed by atoms with Crippen LogP contribution in [0.3, 0.4) is 0 Å². The average molecular weight is 281 g/mol. The number of nitrogens with one attached hydrogen (secondary N) is 2. The topological polar surface area (TPSA) is 122 Å². The predicted molar refractivity (Wildman–Crippen MR) is 70.4 cm³/mol. The van der Waals surface area contributed by atoms with E-state index in [0.717, 1.165) is 6.07 Å². The number of nitro benzene ring substituents is 1. The summed E-state index contributed by atoms with van der Waals surface area (Å²) in [7, 11) is 1.48. The third kappa shape index (κ3) is 3.51. The molecule has 0 saturated carbocycles. The fourth-order valence-electron chi connectivity index (χ4n) is 1.71. The van der Waals surface area contributed by atoms with Crippen molar-refractivity contribution < 1.29 is 19.6 Å². The van der Waals surface area contributed by atoms with Gasteiger partial charge in [0.05, 0.1) is 11.0 Å². The molecule has 0 heterocycles. The number of likely N-dealkylation sites (N-methyl/N-ethyl adjacent to an activating group) is 1. The van der Waals surface area contributed by atoms with Crippen LogP contribution in [0.2, 0.25) is 0 Å². The highest BCUT2D eigenvalue weighted by Gasteiger charge is 2.23. The summed E-state index contributed by atoms with van der Waals surface area (Å²) in [6.07, 6.45) is 0. The Balaban J connectivity index is 3.01. The van der Waals surface area contributed by atoms with Gasteiger partial charge in [0.2, 0.25) is 5.91 Å². The van der Waals surface area contributed by atoms with E-state index in [9.17, 15) is 19.7 Å². The zero-order valence-electron chi connectivity index (χ0n) is 11.0. The number of amides is 1. The van der Waals surface area contributed by atoms with E-state index in [2.05, 4.69) is 10.6 Å². The van der Waals surface area contributed by atoms with Crippen LogP contribution in [0.4, 0.5) is 5.69 Å². The first-order chi connectivity index (χ1) is 9.38. The molecule has 0 aromatic heterocycles. The minimum Gasteiger partial charge on any atom is -0.477 e. The molecule has 8 heteroatoms. The summed E-state index contributed by atoms with van der Waals surface area (Å²) in [6, 6.07) is 3.47. The summed E-state index contributed by atoms with van der Waals surface area (Å²) < 4.78 is 0. The first-order valence-electron chi connectivity index (χ1n) is 5.83. The van der Waals surface area contributed by atoms with Gasteiger partial charge in [-0.05, 0) is 12.5 Å². The second-order valence-electron chi connectivity index (χ2n) is 4.09. The zero-order valence-corrected chi connectivity index (χ0v) is 11.0. The van der Waals surface area contributed by atoms with Crippen LogP contribution in [0.15, 0.2) is 18.2 Å². The number of nitro groups is 1. The van der Waals surface area contributed by atoms with Crippen molar-refractivity contribution in [2.24, 2.45) is 0 Å².